The minimum absolute atomic E-state index is 0.0200. The molecule has 13 heavy (non-hydrogen) atoms. The number of rotatable bonds is 2. The van der Waals surface area contributed by atoms with Crippen LogP contribution in [0.25, 0.3) is 0 Å². The summed E-state index contributed by atoms with van der Waals surface area (Å²) >= 11 is 0. The minimum Gasteiger partial charge on any atom is -0.473 e. The minimum atomic E-state index is -1.82. The van der Waals surface area contributed by atoms with Gasteiger partial charge in [0, 0.05) is 0 Å². The number of carbonyl (C=O) groups is 3. The molecule has 0 unspecified atom stereocenters. The van der Waals surface area contributed by atoms with Gasteiger partial charge in [0.2, 0.25) is 0 Å². The van der Waals surface area contributed by atoms with Crippen molar-refractivity contribution in [3.63, 3.8) is 0 Å². The number of hydrogen-bond donors (Lipinski definition) is 3. The lowest BCUT2D eigenvalue weighted by Crippen LogP contribution is -2.16. The van der Waals surface area contributed by atoms with Gasteiger partial charge < -0.3 is 20.7 Å². The lowest BCUT2D eigenvalue weighted by molar-refractivity contribution is -0.159. The number of carboxylic acids is 2. The van der Waals surface area contributed by atoms with Crippen LogP contribution in [0.4, 0.5) is 0 Å². The van der Waals surface area contributed by atoms with Gasteiger partial charge in [-0.1, -0.05) is 0 Å². The van der Waals surface area contributed by atoms with Gasteiger partial charge in [-0.3, -0.25) is 4.79 Å². The Bertz CT molecular complexity index is 178. The zero-order chi connectivity index (χ0) is 10.9. The van der Waals surface area contributed by atoms with E-state index in [0.717, 1.165) is 0 Å². The average molecular weight is 193 g/mol. The Morgan fingerprint density at radius 3 is 1.69 bits per heavy atom. The molecule has 0 aliphatic rings. The van der Waals surface area contributed by atoms with Gasteiger partial charge in [0.15, 0.2) is 0 Å². The van der Waals surface area contributed by atoms with Gasteiger partial charge in [-0.25, -0.2) is 9.59 Å². The first-order chi connectivity index (χ1) is 5.95. The van der Waals surface area contributed by atoms with Gasteiger partial charge in [-0.2, -0.15) is 0 Å². The Morgan fingerprint density at radius 1 is 1.23 bits per heavy atom. The smallest absolute Gasteiger partial charge is 0.414 e. The highest BCUT2D eigenvalue weighted by Gasteiger charge is 2.04. The van der Waals surface area contributed by atoms with Crippen molar-refractivity contribution in [2.24, 2.45) is 5.73 Å². The van der Waals surface area contributed by atoms with E-state index in [0.29, 0.717) is 6.61 Å². The molecule has 7 heteroatoms. The Kier molecular flexibility index (Phi) is 9.07. The predicted octanol–water partition coefficient (Wildman–Crippen LogP) is -1.34. The molecular formula is C6H11NO6. The molecule has 4 N–H and O–H groups in total. The molecule has 0 rings (SSSR count). The fourth-order valence-corrected chi connectivity index (χ4v) is 0.220. The summed E-state index contributed by atoms with van der Waals surface area (Å²) in [5, 5.41) is 14.8. The number of hydrogen-bond acceptors (Lipinski definition) is 5. The first-order valence-corrected chi connectivity index (χ1v) is 3.27. The van der Waals surface area contributed by atoms with Crippen LogP contribution in [-0.4, -0.2) is 41.3 Å². The Balaban J connectivity index is 0. The first-order valence-electron chi connectivity index (χ1n) is 3.27. The van der Waals surface area contributed by atoms with Gasteiger partial charge >= 0.3 is 17.9 Å². The molecule has 0 bridgehead atoms. The van der Waals surface area contributed by atoms with Crippen molar-refractivity contribution in [1.29, 1.82) is 0 Å². The zero-order valence-corrected chi connectivity index (χ0v) is 7.02. The summed E-state index contributed by atoms with van der Waals surface area (Å²) in [7, 11) is 0. The number of esters is 1. The number of ether oxygens (including phenoxy) is 1. The van der Waals surface area contributed by atoms with Crippen molar-refractivity contribution in [3.05, 3.63) is 0 Å². The molecule has 0 aromatic rings. The first kappa shape index (κ1) is 13.9. The molecule has 0 saturated carbocycles. The van der Waals surface area contributed by atoms with Crippen molar-refractivity contribution in [3.8, 4) is 0 Å². The van der Waals surface area contributed by atoms with Crippen LogP contribution in [0.2, 0.25) is 0 Å². The van der Waals surface area contributed by atoms with Gasteiger partial charge in [0.05, 0.1) is 13.2 Å². The maximum atomic E-state index is 10.1. The molecule has 76 valence electrons. The molecule has 0 radical (unpaired) electrons. The Morgan fingerprint density at radius 2 is 1.62 bits per heavy atom. The van der Waals surface area contributed by atoms with Crippen LogP contribution in [0.1, 0.15) is 6.92 Å². The van der Waals surface area contributed by atoms with Crippen molar-refractivity contribution >= 4 is 17.9 Å². The highest BCUT2D eigenvalue weighted by Crippen LogP contribution is 1.69. The third kappa shape index (κ3) is 13.4. The Labute approximate surface area is 74.1 Å². The van der Waals surface area contributed by atoms with Crippen molar-refractivity contribution in [2.45, 2.75) is 6.92 Å². The van der Waals surface area contributed by atoms with Crippen LogP contribution < -0.4 is 5.73 Å². The highest BCUT2D eigenvalue weighted by molar-refractivity contribution is 6.27. The maximum Gasteiger partial charge on any atom is 0.414 e. The second-order valence-corrected chi connectivity index (χ2v) is 1.62. The van der Waals surface area contributed by atoms with Crippen molar-refractivity contribution in [1.82, 2.24) is 0 Å². The molecule has 0 aromatic heterocycles. The molecule has 0 aliphatic heterocycles. The van der Waals surface area contributed by atoms with Gasteiger partial charge in [-0.05, 0) is 6.92 Å². The number of nitrogens with two attached hydrogens (primary N) is 1. The summed E-state index contributed by atoms with van der Waals surface area (Å²) in [5.41, 5.74) is 4.88. The van der Waals surface area contributed by atoms with Crippen LogP contribution in [-0.2, 0) is 19.1 Å². The van der Waals surface area contributed by atoms with Crippen LogP contribution >= 0.6 is 0 Å². The molecule has 0 spiro atoms. The van der Waals surface area contributed by atoms with Crippen LogP contribution in [0.3, 0.4) is 0 Å². The van der Waals surface area contributed by atoms with E-state index in [1.165, 1.54) is 0 Å². The summed E-state index contributed by atoms with van der Waals surface area (Å²) in [4.78, 5) is 28.3. The van der Waals surface area contributed by atoms with E-state index >= 15 is 0 Å². The summed E-state index contributed by atoms with van der Waals surface area (Å²) in [6.07, 6.45) is 0. The third-order valence-electron chi connectivity index (χ3n) is 0.655. The molecule has 0 saturated heterocycles. The molecule has 0 atom stereocenters. The molecular weight excluding hydrogens is 182 g/mol. The molecule has 0 amide bonds. The SMILES string of the molecule is CCOC(=O)CN.O=C(O)C(=O)O. The van der Waals surface area contributed by atoms with Crippen LogP contribution in [0.5, 0.6) is 0 Å². The molecule has 7 nitrogen and oxygen atoms in total. The second-order valence-electron chi connectivity index (χ2n) is 1.62. The summed E-state index contributed by atoms with van der Waals surface area (Å²) in [6.45, 7) is 2.14. The van der Waals surface area contributed by atoms with E-state index in [-0.39, 0.29) is 12.5 Å². The summed E-state index contributed by atoms with van der Waals surface area (Å²) in [5.74, 6) is -3.99. The normalized spacial score (nSPS) is 7.85. The van der Waals surface area contributed by atoms with E-state index in [9.17, 15) is 4.79 Å². The number of aliphatic carboxylic acids is 2. The standard InChI is InChI=1S/C4H9NO2.C2H2O4/c1-2-7-4(6)3-5;3-1(4)2(5)6/h2-3,5H2,1H3;(H,3,4)(H,5,6). The molecule has 0 aliphatic carbocycles. The quantitative estimate of drug-likeness (QED) is 0.366. The third-order valence-corrected chi connectivity index (χ3v) is 0.655. The number of carbonyl (C=O) groups excluding carboxylic acids is 1. The second kappa shape index (κ2) is 8.47. The maximum absolute atomic E-state index is 10.1. The van der Waals surface area contributed by atoms with Gasteiger partial charge in [0.1, 0.15) is 0 Å². The number of carboxylic acid groups (broad SMARTS) is 2. The molecule has 0 fully saturated rings. The summed E-state index contributed by atoms with van der Waals surface area (Å²) < 4.78 is 4.43. The molecule has 0 aromatic carbocycles. The van der Waals surface area contributed by atoms with E-state index in [2.05, 4.69) is 4.74 Å². The lowest BCUT2D eigenvalue weighted by Gasteiger charge is -1.93. The highest BCUT2D eigenvalue weighted by atomic mass is 16.5. The van der Waals surface area contributed by atoms with Crippen LogP contribution in [0, 0.1) is 0 Å². The topological polar surface area (TPSA) is 127 Å². The van der Waals surface area contributed by atoms with Gasteiger partial charge in [-0.15, -0.1) is 0 Å². The monoisotopic (exact) mass is 193 g/mol. The van der Waals surface area contributed by atoms with E-state index in [4.69, 9.17) is 25.5 Å². The zero-order valence-electron chi connectivity index (χ0n) is 7.02. The predicted molar refractivity (Wildman–Crippen MR) is 41.0 cm³/mol. The fraction of sp³-hybridized carbons (Fsp3) is 0.500. The fourth-order valence-electron chi connectivity index (χ4n) is 0.220. The Hall–Kier alpha value is -1.63. The van der Waals surface area contributed by atoms with E-state index in [1.54, 1.807) is 6.92 Å². The largest absolute Gasteiger partial charge is 0.473 e. The lowest BCUT2D eigenvalue weighted by atomic mass is 10.7. The van der Waals surface area contributed by atoms with Crippen LogP contribution in [0.15, 0.2) is 0 Å². The van der Waals surface area contributed by atoms with Crippen molar-refractivity contribution < 1.29 is 29.3 Å². The van der Waals surface area contributed by atoms with Gasteiger partial charge in [0.25, 0.3) is 0 Å². The summed E-state index contributed by atoms with van der Waals surface area (Å²) in [6, 6.07) is 0. The average Bonchev–Trinajstić information content (AvgIpc) is 2.05. The van der Waals surface area contributed by atoms with E-state index in [1.807, 2.05) is 0 Å². The molecule has 0 heterocycles. The van der Waals surface area contributed by atoms with Crippen molar-refractivity contribution in [2.75, 3.05) is 13.2 Å². The van der Waals surface area contributed by atoms with E-state index < -0.39 is 11.9 Å².